The number of hydrogen-bond acceptors (Lipinski definition) is 2. The summed E-state index contributed by atoms with van der Waals surface area (Å²) in [7, 11) is 0. The highest BCUT2D eigenvalue weighted by Gasteiger charge is 2.05. The van der Waals surface area contributed by atoms with E-state index in [1.54, 1.807) is 0 Å². The van der Waals surface area contributed by atoms with Gasteiger partial charge in [0.15, 0.2) is 0 Å². The summed E-state index contributed by atoms with van der Waals surface area (Å²) >= 11 is 0. The average molecular weight is 179 g/mol. The quantitative estimate of drug-likeness (QED) is 0.723. The van der Waals surface area contributed by atoms with Crippen molar-refractivity contribution in [1.29, 1.82) is 0 Å². The molecule has 0 aliphatic carbocycles. The van der Waals surface area contributed by atoms with Gasteiger partial charge in [-0.25, -0.2) is 0 Å². The summed E-state index contributed by atoms with van der Waals surface area (Å²) < 4.78 is 0. The van der Waals surface area contributed by atoms with E-state index in [4.69, 9.17) is 0 Å². The molecular formula is C10H13NO2. The van der Waals surface area contributed by atoms with Crippen LogP contribution in [0.1, 0.15) is 18.6 Å². The number of benzene rings is 1. The molecule has 0 saturated carbocycles. The maximum Gasteiger partial charge on any atom is 0.216 e. The summed E-state index contributed by atoms with van der Waals surface area (Å²) in [5.41, 5.74) is 0.816. The van der Waals surface area contributed by atoms with Crippen LogP contribution in [-0.4, -0.2) is 17.6 Å². The minimum Gasteiger partial charge on any atom is -0.387 e. The Morgan fingerprint density at radius 2 is 2.08 bits per heavy atom. The maximum atomic E-state index is 10.6. The maximum absolute atomic E-state index is 10.6. The van der Waals surface area contributed by atoms with E-state index in [1.807, 2.05) is 30.3 Å². The van der Waals surface area contributed by atoms with Crippen molar-refractivity contribution in [3.63, 3.8) is 0 Å². The zero-order valence-corrected chi connectivity index (χ0v) is 7.53. The minimum absolute atomic E-state index is 0.130. The molecule has 0 bridgehead atoms. The van der Waals surface area contributed by atoms with Gasteiger partial charge in [-0.3, -0.25) is 4.79 Å². The molecule has 0 aromatic heterocycles. The van der Waals surface area contributed by atoms with E-state index >= 15 is 0 Å². The van der Waals surface area contributed by atoms with Crippen molar-refractivity contribution in [3.8, 4) is 0 Å². The molecule has 0 heterocycles. The van der Waals surface area contributed by atoms with Gasteiger partial charge in [0.1, 0.15) is 0 Å². The number of aliphatic hydroxyl groups is 1. The van der Waals surface area contributed by atoms with Gasteiger partial charge < -0.3 is 10.4 Å². The summed E-state index contributed by atoms with van der Waals surface area (Å²) in [5.74, 6) is -0.130. The van der Waals surface area contributed by atoms with Gasteiger partial charge in [0.2, 0.25) is 5.91 Å². The van der Waals surface area contributed by atoms with E-state index in [0.717, 1.165) is 5.56 Å². The molecule has 0 radical (unpaired) electrons. The Labute approximate surface area is 77.4 Å². The standard InChI is InChI=1S/C10H13NO2/c1-8(12)11-7-10(13)9-5-3-2-4-6-9/h2-6,10,13H,7H2,1H3,(H,11,12)/t10-/m1/s1. The summed E-state index contributed by atoms with van der Waals surface area (Å²) in [6.07, 6.45) is -0.620. The lowest BCUT2D eigenvalue weighted by Crippen LogP contribution is -2.25. The van der Waals surface area contributed by atoms with Gasteiger partial charge in [-0.15, -0.1) is 0 Å². The lowest BCUT2D eigenvalue weighted by Gasteiger charge is -2.10. The highest BCUT2D eigenvalue weighted by Crippen LogP contribution is 2.09. The van der Waals surface area contributed by atoms with Gasteiger partial charge in [-0.1, -0.05) is 30.3 Å². The molecule has 1 aromatic rings. The highest BCUT2D eigenvalue weighted by molar-refractivity contribution is 5.72. The van der Waals surface area contributed by atoms with Crippen LogP contribution in [0.3, 0.4) is 0 Å². The number of aliphatic hydroxyl groups excluding tert-OH is 1. The summed E-state index contributed by atoms with van der Waals surface area (Å²) in [6, 6.07) is 9.24. The van der Waals surface area contributed by atoms with Crippen LogP contribution in [0.25, 0.3) is 0 Å². The monoisotopic (exact) mass is 179 g/mol. The average Bonchev–Trinajstić information content (AvgIpc) is 2.15. The van der Waals surface area contributed by atoms with Crippen LogP contribution in [0.5, 0.6) is 0 Å². The van der Waals surface area contributed by atoms with Crippen molar-refractivity contribution in [2.45, 2.75) is 13.0 Å². The second kappa shape index (κ2) is 4.62. The molecule has 0 saturated heterocycles. The zero-order valence-electron chi connectivity index (χ0n) is 7.53. The molecule has 1 rings (SSSR count). The van der Waals surface area contributed by atoms with Crippen LogP contribution in [0.4, 0.5) is 0 Å². The number of hydrogen-bond donors (Lipinski definition) is 2. The fourth-order valence-electron chi connectivity index (χ4n) is 1.03. The van der Waals surface area contributed by atoms with Crippen molar-refractivity contribution in [2.75, 3.05) is 6.54 Å². The van der Waals surface area contributed by atoms with E-state index in [-0.39, 0.29) is 12.5 Å². The molecule has 0 fully saturated rings. The molecule has 0 aliphatic heterocycles. The van der Waals surface area contributed by atoms with Crippen LogP contribution >= 0.6 is 0 Å². The lowest BCUT2D eigenvalue weighted by atomic mass is 10.1. The van der Waals surface area contributed by atoms with E-state index < -0.39 is 6.10 Å². The minimum atomic E-state index is -0.620. The second-order valence-corrected chi connectivity index (χ2v) is 2.86. The number of carbonyl (C=O) groups excluding carboxylic acids is 1. The van der Waals surface area contributed by atoms with E-state index in [9.17, 15) is 9.90 Å². The Bertz CT molecular complexity index is 272. The predicted octanol–water partition coefficient (Wildman–Crippen LogP) is 0.856. The predicted molar refractivity (Wildman–Crippen MR) is 50.1 cm³/mol. The largest absolute Gasteiger partial charge is 0.387 e. The first-order valence-corrected chi connectivity index (χ1v) is 4.17. The third-order valence-electron chi connectivity index (χ3n) is 1.73. The Morgan fingerprint density at radius 3 is 2.62 bits per heavy atom. The molecule has 0 unspecified atom stereocenters. The molecule has 3 nitrogen and oxygen atoms in total. The van der Waals surface area contributed by atoms with Crippen LogP contribution < -0.4 is 5.32 Å². The Morgan fingerprint density at radius 1 is 1.46 bits per heavy atom. The van der Waals surface area contributed by atoms with Crippen molar-refractivity contribution in [1.82, 2.24) is 5.32 Å². The van der Waals surface area contributed by atoms with Crippen LogP contribution in [0.2, 0.25) is 0 Å². The van der Waals surface area contributed by atoms with Gasteiger partial charge >= 0.3 is 0 Å². The number of amides is 1. The molecule has 1 aromatic carbocycles. The van der Waals surface area contributed by atoms with Crippen molar-refractivity contribution >= 4 is 5.91 Å². The summed E-state index contributed by atoms with van der Waals surface area (Å²) in [5, 5.41) is 12.1. The van der Waals surface area contributed by atoms with Gasteiger partial charge in [0.05, 0.1) is 6.10 Å². The van der Waals surface area contributed by atoms with E-state index in [1.165, 1.54) is 6.92 Å². The van der Waals surface area contributed by atoms with Gasteiger partial charge in [0.25, 0.3) is 0 Å². The highest BCUT2D eigenvalue weighted by atomic mass is 16.3. The van der Waals surface area contributed by atoms with Crippen LogP contribution in [0.15, 0.2) is 30.3 Å². The molecule has 1 atom stereocenters. The number of rotatable bonds is 3. The SMILES string of the molecule is CC(=O)NC[C@@H](O)c1ccccc1. The molecule has 0 aliphatic rings. The van der Waals surface area contributed by atoms with Gasteiger partial charge in [0, 0.05) is 13.5 Å². The smallest absolute Gasteiger partial charge is 0.216 e. The molecule has 3 heteroatoms. The van der Waals surface area contributed by atoms with E-state index in [0.29, 0.717) is 0 Å². The third kappa shape index (κ3) is 3.25. The molecule has 2 N–H and O–H groups in total. The lowest BCUT2D eigenvalue weighted by molar-refractivity contribution is -0.119. The second-order valence-electron chi connectivity index (χ2n) is 2.86. The molecule has 13 heavy (non-hydrogen) atoms. The van der Waals surface area contributed by atoms with Gasteiger partial charge in [-0.2, -0.15) is 0 Å². The first-order chi connectivity index (χ1) is 6.20. The molecule has 70 valence electrons. The first kappa shape index (κ1) is 9.74. The molecule has 1 amide bonds. The fraction of sp³-hybridized carbons (Fsp3) is 0.300. The molecular weight excluding hydrogens is 166 g/mol. The fourth-order valence-corrected chi connectivity index (χ4v) is 1.03. The number of nitrogens with one attached hydrogen (secondary N) is 1. The Kier molecular flexibility index (Phi) is 3.46. The van der Waals surface area contributed by atoms with Crippen molar-refractivity contribution < 1.29 is 9.90 Å². The first-order valence-electron chi connectivity index (χ1n) is 4.17. The molecule has 0 spiro atoms. The van der Waals surface area contributed by atoms with Crippen LogP contribution in [-0.2, 0) is 4.79 Å². The zero-order chi connectivity index (χ0) is 9.68. The Balaban J connectivity index is 2.49. The summed E-state index contributed by atoms with van der Waals surface area (Å²) in [6.45, 7) is 1.69. The normalized spacial score (nSPS) is 12.2. The van der Waals surface area contributed by atoms with Crippen molar-refractivity contribution in [2.24, 2.45) is 0 Å². The Hall–Kier alpha value is -1.35. The van der Waals surface area contributed by atoms with Gasteiger partial charge in [-0.05, 0) is 5.56 Å². The van der Waals surface area contributed by atoms with Crippen LogP contribution in [0, 0.1) is 0 Å². The third-order valence-corrected chi connectivity index (χ3v) is 1.73. The topological polar surface area (TPSA) is 49.3 Å². The van der Waals surface area contributed by atoms with E-state index in [2.05, 4.69) is 5.32 Å². The number of carbonyl (C=O) groups is 1. The summed E-state index contributed by atoms with van der Waals surface area (Å²) in [4.78, 5) is 10.6. The van der Waals surface area contributed by atoms with Crippen molar-refractivity contribution in [3.05, 3.63) is 35.9 Å².